The molecule has 4 N–H and O–H groups in total. The molecule has 0 fully saturated rings. The summed E-state index contributed by atoms with van der Waals surface area (Å²) in [7, 11) is 0. The Hall–Kier alpha value is -2.38. The fraction of sp³-hybridized carbons (Fsp3) is 0.400. The number of carbonyl (C=O) groups excluding carboxylic acids is 1. The first-order chi connectivity index (χ1) is 8.68. The smallest absolute Gasteiger partial charge is 0.256 e. The van der Waals surface area contributed by atoms with Crippen LogP contribution in [0.2, 0.25) is 0 Å². The number of hydrogen-bond acceptors (Lipinski definition) is 5. The molecule has 0 aliphatic carbocycles. The summed E-state index contributed by atoms with van der Waals surface area (Å²) >= 11 is 0. The number of nitrogen functional groups attached to an aromatic ring is 1. The second kappa shape index (κ2) is 5.30. The number of aryl methyl sites for hydroxylation is 2. The van der Waals surface area contributed by atoms with Gasteiger partial charge in [-0.1, -0.05) is 5.21 Å². The molecule has 2 aromatic heterocycles. The molecule has 2 heterocycles. The van der Waals surface area contributed by atoms with Crippen LogP contribution in [0.25, 0.3) is 0 Å². The average molecular weight is 249 g/mol. The van der Waals surface area contributed by atoms with Crippen LogP contribution in [0.1, 0.15) is 22.5 Å². The predicted molar refractivity (Wildman–Crippen MR) is 64.7 cm³/mol. The van der Waals surface area contributed by atoms with E-state index in [0.29, 0.717) is 24.3 Å². The third kappa shape index (κ3) is 2.65. The van der Waals surface area contributed by atoms with E-state index in [0.717, 1.165) is 6.42 Å². The minimum absolute atomic E-state index is 0.211. The molecule has 0 saturated heterocycles. The number of aromatic amines is 1. The van der Waals surface area contributed by atoms with Crippen molar-refractivity contribution in [1.29, 1.82) is 0 Å². The molecule has 0 bridgehead atoms. The molecule has 0 atom stereocenters. The summed E-state index contributed by atoms with van der Waals surface area (Å²) in [4.78, 5) is 11.8. The van der Waals surface area contributed by atoms with Gasteiger partial charge in [-0.25, -0.2) is 0 Å². The molecular formula is C10H15N7O. The highest BCUT2D eigenvalue weighted by Crippen LogP contribution is 2.11. The molecule has 2 rings (SSSR count). The number of aromatic nitrogens is 5. The summed E-state index contributed by atoms with van der Waals surface area (Å²) in [5, 5.41) is 16.8. The van der Waals surface area contributed by atoms with E-state index in [1.807, 2.05) is 0 Å². The lowest BCUT2D eigenvalue weighted by Crippen LogP contribution is -2.26. The zero-order chi connectivity index (χ0) is 13.0. The molecule has 2 aromatic rings. The lowest BCUT2D eigenvalue weighted by molar-refractivity contribution is 0.0953. The minimum atomic E-state index is -0.211. The lowest BCUT2D eigenvalue weighted by atomic mass is 10.2. The number of carbonyl (C=O) groups is 1. The average Bonchev–Trinajstić information content (AvgIpc) is 2.95. The second-order valence-electron chi connectivity index (χ2n) is 3.88. The van der Waals surface area contributed by atoms with E-state index < -0.39 is 0 Å². The Bertz CT molecular complexity index is 497. The number of nitrogens with one attached hydrogen (secondary N) is 2. The van der Waals surface area contributed by atoms with Crippen molar-refractivity contribution in [2.45, 2.75) is 19.9 Å². The first-order valence-electron chi connectivity index (χ1n) is 5.61. The second-order valence-corrected chi connectivity index (χ2v) is 3.88. The normalized spacial score (nSPS) is 10.5. The number of nitrogens with two attached hydrogens (primary N) is 1. The summed E-state index contributed by atoms with van der Waals surface area (Å²) in [6, 6.07) is 0. The quantitative estimate of drug-likeness (QED) is 0.630. The Morgan fingerprint density at radius 3 is 3.06 bits per heavy atom. The SMILES string of the molecule is Cc1[nH]nc(N)c1C(=O)NCCCn1ccnn1. The fourth-order valence-electron chi connectivity index (χ4n) is 1.62. The van der Waals surface area contributed by atoms with Gasteiger partial charge in [0.1, 0.15) is 5.56 Å². The standard InChI is InChI=1S/C10H15N7O/c1-7-8(9(11)15-14-7)10(18)12-3-2-5-17-6-4-13-16-17/h4,6H,2-3,5H2,1H3,(H,12,18)(H3,11,14,15). The van der Waals surface area contributed by atoms with Gasteiger partial charge in [-0.15, -0.1) is 5.10 Å². The minimum Gasteiger partial charge on any atom is -0.382 e. The maximum Gasteiger partial charge on any atom is 0.256 e. The Kier molecular flexibility index (Phi) is 3.56. The molecule has 0 aliphatic rings. The highest BCUT2D eigenvalue weighted by Gasteiger charge is 2.15. The number of rotatable bonds is 5. The van der Waals surface area contributed by atoms with Crippen LogP contribution in [-0.4, -0.2) is 37.6 Å². The van der Waals surface area contributed by atoms with E-state index in [9.17, 15) is 4.79 Å². The Morgan fingerprint density at radius 1 is 1.61 bits per heavy atom. The predicted octanol–water partition coefficient (Wildman–Crippen LogP) is -0.288. The number of amides is 1. The summed E-state index contributed by atoms with van der Waals surface area (Å²) in [6.45, 7) is 3.01. The summed E-state index contributed by atoms with van der Waals surface area (Å²) in [5.41, 5.74) is 6.68. The van der Waals surface area contributed by atoms with Crippen LogP contribution >= 0.6 is 0 Å². The van der Waals surface area contributed by atoms with E-state index in [1.165, 1.54) is 0 Å². The number of anilines is 1. The van der Waals surface area contributed by atoms with Crippen molar-refractivity contribution in [2.24, 2.45) is 0 Å². The largest absolute Gasteiger partial charge is 0.382 e. The van der Waals surface area contributed by atoms with Crippen LogP contribution < -0.4 is 11.1 Å². The van der Waals surface area contributed by atoms with Gasteiger partial charge < -0.3 is 11.1 Å². The van der Waals surface area contributed by atoms with Crippen LogP contribution in [0, 0.1) is 6.92 Å². The van der Waals surface area contributed by atoms with Crippen LogP contribution in [-0.2, 0) is 6.54 Å². The van der Waals surface area contributed by atoms with Crippen molar-refractivity contribution in [2.75, 3.05) is 12.3 Å². The third-order valence-electron chi connectivity index (χ3n) is 2.52. The van der Waals surface area contributed by atoms with Gasteiger partial charge in [0.05, 0.1) is 6.20 Å². The van der Waals surface area contributed by atoms with Gasteiger partial charge >= 0.3 is 0 Å². The molecule has 0 radical (unpaired) electrons. The molecule has 0 aliphatic heterocycles. The summed E-state index contributed by atoms with van der Waals surface area (Å²) in [6.07, 6.45) is 4.17. The number of nitrogens with zero attached hydrogens (tertiary/aromatic N) is 4. The lowest BCUT2D eigenvalue weighted by Gasteiger charge is -2.05. The van der Waals surface area contributed by atoms with Crippen molar-refractivity contribution >= 4 is 11.7 Å². The Morgan fingerprint density at radius 2 is 2.44 bits per heavy atom. The zero-order valence-corrected chi connectivity index (χ0v) is 10.1. The van der Waals surface area contributed by atoms with Crippen molar-refractivity contribution < 1.29 is 4.79 Å². The highest BCUT2D eigenvalue weighted by molar-refractivity contribution is 5.99. The molecule has 8 heteroatoms. The van der Waals surface area contributed by atoms with Gasteiger partial charge in [0.25, 0.3) is 5.91 Å². The van der Waals surface area contributed by atoms with Crippen molar-refractivity contribution in [3.63, 3.8) is 0 Å². The van der Waals surface area contributed by atoms with E-state index in [2.05, 4.69) is 25.8 Å². The summed E-state index contributed by atoms with van der Waals surface area (Å²) in [5.74, 6) is 0.0126. The molecule has 0 saturated carbocycles. The molecule has 96 valence electrons. The van der Waals surface area contributed by atoms with E-state index in [4.69, 9.17) is 5.73 Å². The Balaban J connectivity index is 1.79. The third-order valence-corrected chi connectivity index (χ3v) is 2.52. The summed E-state index contributed by atoms with van der Waals surface area (Å²) < 4.78 is 1.71. The van der Waals surface area contributed by atoms with E-state index in [1.54, 1.807) is 24.0 Å². The van der Waals surface area contributed by atoms with Crippen molar-refractivity contribution in [3.8, 4) is 0 Å². The van der Waals surface area contributed by atoms with Crippen LogP contribution in [0.3, 0.4) is 0 Å². The van der Waals surface area contributed by atoms with Crippen LogP contribution in [0.15, 0.2) is 12.4 Å². The van der Waals surface area contributed by atoms with Crippen LogP contribution in [0.5, 0.6) is 0 Å². The van der Waals surface area contributed by atoms with E-state index in [-0.39, 0.29) is 11.7 Å². The van der Waals surface area contributed by atoms with Gasteiger partial charge in [0.15, 0.2) is 5.82 Å². The van der Waals surface area contributed by atoms with Gasteiger partial charge in [0, 0.05) is 25.0 Å². The van der Waals surface area contributed by atoms with E-state index >= 15 is 0 Å². The Labute approximate surface area is 104 Å². The monoisotopic (exact) mass is 249 g/mol. The van der Waals surface area contributed by atoms with Gasteiger partial charge in [-0.05, 0) is 13.3 Å². The molecule has 0 spiro atoms. The maximum absolute atomic E-state index is 11.8. The van der Waals surface area contributed by atoms with Gasteiger partial charge in [0.2, 0.25) is 0 Å². The van der Waals surface area contributed by atoms with Crippen molar-refractivity contribution in [3.05, 3.63) is 23.7 Å². The molecule has 0 unspecified atom stereocenters. The molecule has 8 nitrogen and oxygen atoms in total. The number of hydrogen-bond donors (Lipinski definition) is 3. The van der Waals surface area contributed by atoms with Gasteiger partial charge in [-0.3, -0.25) is 14.6 Å². The van der Waals surface area contributed by atoms with Crippen LogP contribution in [0.4, 0.5) is 5.82 Å². The first-order valence-corrected chi connectivity index (χ1v) is 5.61. The first kappa shape index (κ1) is 12.1. The number of H-pyrrole nitrogens is 1. The highest BCUT2D eigenvalue weighted by atomic mass is 16.1. The van der Waals surface area contributed by atoms with Gasteiger partial charge in [-0.2, -0.15) is 5.10 Å². The maximum atomic E-state index is 11.8. The topological polar surface area (TPSA) is 115 Å². The van der Waals surface area contributed by atoms with Crippen molar-refractivity contribution in [1.82, 2.24) is 30.5 Å². The zero-order valence-electron chi connectivity index (χ0n) is 10.1. The molecule has 1 amide bonds. The molecule has 0 aromatic carbocycles. The molecule has 18 heavy (non-hydrogen) atoms. The fourth-order valence-corrected chi connectivity index (χ4v) is 1.62. The molecular weight excluding hydrogens is 234 g/mol.